The molecule has 2 heterocycles. The highest BCUT2D eigenvalue weighted by molar-refractivity contribution is 5.94. The fourth-order valence-electron chi connectivity index (χ4n) is 2.02. The predicted molar refractivity (Wildman–Crippen MR) is 85.8 cm³/mol. The number of carboxylic acids is 1. The van der Waals surface area contributed by atoms with Crippen LogP contribution in [-0.2, 0) is 4.74 Å². The molecule has 0 spiro atoms. The van der Waals surface area contributed by atoms with E-state index in [2.05, 4.69) is 10.3 Å². The van der Waals surface area contributed by atoms with Gasteiger partial charge in [-0.25, -0.2) is 9.78 Å². The summed E-state index contributed by atoms with van der Waals surface area (Å²) in [6.45, 7) is 4.86. The number of pyridine rings is 1. The third-order valence-electron chi connectivity index (χ3n) is 3.13. The van der Waals surface area contributed by atoms with Crippen molar-refractivity contribution in [2.75, 3.05) is 13.2 Å². The minimum atomic E-state index is -1.19. The van der Waals surface area contributed by atoms with E-state index in [9.17, 15) is 9.59 Å². The maximum atomic E-state index is 12.4. The van der Waals surface area contributed by atoms with Crippen molar-refractivity contribution in [3.63, 3.8) is 0 Å². The van der Waals surface area contributed by atoms with E-state index in [-0.39, 0.29) is 18.0 Å². The molecule has 24 heavy (non-hydrogen) atoms. The van der Waals surface area contributed by atoms with Crippen molar-refractivity contribution in [2.24, 2.45) is 5.92 Å². The molecule has 0 aliphatic heterocycles. The van der Waals surface area contributed by atoms with Gasteiger partial charge < -0.3 is 19.6 Å². The Morgan fingerprint density at radius 1 is 1.21 bits per heavy atom. The highest BCUT2D eigenvalue weighted by Crippen LogP contribution is 2.15. The molecule has 0 fully saturated rings. The standard InChI is InChI=1S/C17H20N2O5/c1-11(2)9-23-10-14(15-7-4-8-24-15)19-16(20)12-5-3-6-13(18-12)17(21)22/h3-8,11,14H,9-10H2,1-2H3,(H,19,20)(H,21,22). The number of rotatable bonds is 8. The molecule has 2 aromatic rings. The molecule has 0 bridgehead atoms. The van der Waals surface area contributed by atoms with Crippen LogP contribution in [0.3, 0.4) is 0 Å². The Balaban J connectivity index is 2.09. The van der Waals surface area contributed by atoms with Gasteiger partial charge in [-0.05, 0) is 30.2 Å². The van der Waals surface area contributed by atoms with Crippen LogP contribution in [0.4, 0.5) is 0 Å². The zero-order valence-corrected chi connectivity index (χ0v) is 13.6. The molecule has 0 radical (unpaired) electrons. The van der Waals surface area contributed by atoms with Crippen molar-refractivity contribution >= 4 is 11.9 Å². The van der Waals surface area contributed by atoms with Gasteiger partial charge in [0.15, 0.2) is 0 Å². The van der Waals surface area contributed by atoms with E-state index in [1.807, 2.05) is 13.8 Å². The van der Waals surface area contributed by atoms with Crippen LogP contribution in [0.25, 0.3) is 0 Å². The number of carbonyl (C=O) groups is 2. The molecule has 1 atom stereocenters. The second-order valence-corrected chi connectivity index (χ2v) is 5.69. The molecule has 128 valence electrons. The third-order valence-corrected chi connectivity index (χ3v) is 3.13. The number of amides is 1. The Labute approximate surface area is 139 Å². The first-order chi connectivity index (χ1) is 11.5. The van der Waals surface area contributed by atoms with Crippen LogP contribution in [0.2, 0.25) is 0 Å². The van der Waals surface area contributed by atoms with E-state index in [0.29, 0.717) is 18.3 Å². The normalized spacial score (nSPS) is 12.1. The summed E-state index contributed by atoms with van der Waals surface area (Å²) in [5, 5.41) is 11.7. The monoisotopic (exact) mass is 332 g/mol. The van der Waals surface area contributed by atoms with E-state index < -0.39 is 17.9 Å². The van der Waals surface area contributed by atoms with Crippen molar-refractivity contribution in [3.05, 3.63) is 53.7 Å². The first-order valence-electron chi connectivity index (χ1n) is 7.59. The Morgan fingerprint density at radius 3 is 2.58 bits per heavy atom. The summed E-state index contributed by atoms with van der Waals surface area (Å²) in [4.78, 5) is 27.2. The van der Waals surface area contributed by atoms with E-state index in [1.54, 1.807) is 12.1 Å². The topological polar surface area (TPSA) is 102 Å². The molecule has 0 saturated heterocycles. The van der Waals surface area contributed by atoms with Gasteiger partial charge in [0.1, 0.15) is 23.2 Å². The molecule has 2 N–H and O–H groups in total. The number of hydrogen-bond donors (Lipinski definition) is 2. The first kappa shape index (κ1) is 17.7. The summed E-state index contributed by atoms with van der Waals surface area (Å²) in [5.74, 6) is -0.756. The number of carbonyl (C=O) groups excluding carboxylic acids is 1. The molecule has 0 aliphatic carbocycles. The smallest absolute Gasteiger partial charge is 0.354 e. The van der Waals surface area contributed by atoms with Crippen molar-refractivity contribution in [2.45, 2.75) is 19.9 Å². The minimum Gasteiger partial charge on any atom is -0.477 e. The summed E-state index contributed by atoms with van der Waals surface area (Å²) in [7, 11) is 0. The van der Waals surface area contributed by atoms with Gasteiger partial charge in [-0.3, -0.25) is 4.79 Å². The van der Waals surface area contributed by atoms with Crippen molar-refractivity contribution in [1.29, 1.82) is 0 Å². The molecule has 0 aliphatic rings. The summed E-state index contributed by atoms with van der Waals surface area (Å²) >= 11 is 0. The molecular weight excluding hydrogens is 312 g/mol. The van der Waals surface area contributed by atoms with Crippen LogP contribution in [0.1, 0.15) is 46.6 Å². The van der Waals surface area contributed by atoms with Gasteiger partial charge in [-0.2, -0.15) is 0 Å². The number of aromatic carboxylic acids is 1. The largest absolute Gasteiger partial charge is 0.477 e. The zero-order chi connectivity index (χ0) is 17.5. The number of ether oxygens (including phenoxy) is 1. The van der Waals surface area contributed by atoms with Crippen molar-refractivity contribution in [1.82, 2.24) is 10.3 Å². The van der Waals surface area contributed by atoms with E-state index in [1.165, 1.54) is 24.5 Å². The van der Waals surface area contributed by atoms with Gasteiger partial charge in [0.25, 0.3) is 5.91 Å². The molecular formula is C17H20N2O5. The molecule has 1 amide bonds. The van der Waals surface area contributed by atoms with Crippen molar-refractivity contribution in [3.8, 4) is 0 Å². The lowest BCUT2D eigenvalue weighted by molar-refractivity contribution is 0.0689. The Bertz CT molecular complexity index is 682. The highest BCUT2D eigenvalue weighted by Gasteiger charge is 2.20. The number of carboxylic acid groups (broad SMARTS) is 1. The molecule has 1 unspecified atom stereocenters. The molecule has 2 aromatic heterocycles. The van der Waals surface area contributed by atoms with Gasteiger partial charge in [0.05, 0.1) is 12.9 Å². The van der Waals surface area contributed by atoms with Crippen LogP contribution in [0, 0.1) is 5.92 Å². The molecule has 7 nitrogen and oxygen atoms in total. The Kier molecular flexibility index (Phi) is 6.08. The lowest BCUT2D eigenvalue weighted by Gasteiger charge is -2.17. The van der Waals surface area contributed by atoms with Gasteiger partial charge in [-0.15, -0.1) is 0 Å². The first-order valence-corrected chi connectivity index (χ1v) is 7.59. The third kappa shape index (κ3) is 4.92. The van der Waals surface area contributed by atoms with Gasteiger partial charge in [0.2, 0.25) is 0 Å². The number of nitrogens with zero attached hydrogens (tertiary/aromatic N) is 1. The highest BCUT2D eigenvalue weighted by atomic mass is 16.5. The van der Waals surface area contributed by atoms with Gasteiger partial charge in [0, 0.05) is 6.61 Å². The molecule has 0 aromatic carbocycles. The van der Waals surface area contributed by atoms with E-state index in [4.69, 9.17) is 14.3 Å². The Hall–Kier alpha value is -2.67. The van der Waals surface area contributed by atoms with E-state index in [0.717, 1.165) is 0 Å². The molecule has 2 rings (SSSR count). The summed E-state index contributed by atoms with van der Waals surface area (Å²) in [6.07, 6.45) is 1.51. The van der Waals surface area contributed by atoms with Gasteiger partial charge >= 0.3 is 5.97 Å². The van der Waals surface area contributed by atoms with Crippen molar-refractivity contribution < 1.29 is 23.8 Å². The van der Waals surface area contributed by atoms with Crippen LogP contribution >= 0.6 is 0 Å². The molecule has 7 heteroatoms. The average Bonchev–Trinajstić information content (AvgIpc) is 3.08. The summed E-state index contributed by atoms with van der Waals surface area (Å²) < 4.78 is 10.9. The fraction of sp³-hybridized carbons (Fsp3) is 0.353. The second-order valence-electron chi connectivity index (χ2n) is 5.69. The maximum Gasteiger partial charge on any atom is 0.354 e. The lowest BCUT2D eigenvalue weighted by Crippen LogP contribution is -2.32. The number of hydrogen-bond acceptors (Lipinski definition) is 5. The van der Waals surface area contributed by atoms with Crippen LogP contribution in [0.5, 0.6) is 0 Å². The average molecular weight is 332 g/mol. The maximum absolute atomic E-state index is 12.4. The summed E-state index contributed by atoms with van der Waals surface area (Å²) in [6, 6.07) is 7.24. The van der Waals surface area contributed by atoms with Crippen LogP contribution in [-0.4, -0.2) is 35.2 Å². The fourth-order valence-corrected chi connectivity index (χ4v) is 2.02. The van der Waals surface area contributed by atoms with E-state index >= 15 is 0 Å². The molecule has 0 saturated carbocycles. The summed E-state index contributed by atoms with van der Waals surface area (Å²) in [5.41, 5.74) is -0.163. The second kappa shape index (κ2) is 8.26. The lowest BCUT2D eigenvalue weighted by atomic mass is 10.2. The number of nitrogens with one attached hydrogen (secondary N) is 1. The zero-order valence-electron chi connectivity index (χ0n) is 13.6. The van der Waals surface area contributed by atoms with Crippen LogP contribution < -0.4 is 5.32 Å². The predicted octanol–water partition coefficient (Wildman–Crippen LogP) is 2.52. The quantitative estimate of drug-likeness (QED) is 0.770. The Morgan fingerprint density at radius 2 is 1.96 bits per heavy atom. The van der Waals surface area contributed by atoms with Gasteiger partial charge in [-0.1, -0.05) is 19.9 Å². The SMILES string of the molecule is CC(C)COCC(NC(=O)c1cccc(C(=O)O)n1)c1ccco1. The van der Waals surface area contributed by atoms with Crippen LogP contribution in [0.15, 0.2) is 41.0 Å². The minimum absolute atomic E-state index is 0.0234. The number of furan rings is 1. The number of aromatic nitrogens is 1.